The van der Waals surface area contributed by atoms with Crippen molar-refractivity contribution in [1.82, 2.24) is 19.9 Å². The minimum absolute atomic E-state index is 0.159. The van der Waals surface area contributed by atoms with Crippen LogP contribution in [-0.2, 0) is 0 Å². The topological polar surface area (TPSA) is 71.4 Å². The third-order valence-electron chi connectivity index (χ3n) is 3.65. The molecule has 2 N–H and O–H groups in total. The van der Waals surface area contributed by atoms with E-state index < -0.39 is 0 Å². The van der Waals surface area contributed by atoms with Gasteiger partial charge in [-0.2, -0.15) is 4.98 Å². The fourth-order valence-corrected chi connectivity index (χ4v) is 2.43. The normalized spacial score (nSPS) is 24.0. The first kappa shape index (κ1) is 14.4. The van der Waals surface area contributed by atoms with Crippen molar-refractivity contribution in [2.75, 3.05) is 33.7 Å². The van der Waals surface area contributed by atoms with Gasteiger partial charge in [0.2, 0.25) is 5.89 Å². The average molecular weight is 267 g/mol. The summed E-state index contributed by atoms with van der Waals surface area (Å²) in [4.78, 5) is 9.05. The van der Waals surface area contributed by atoms with E-state index in [1.807, 2.05) is 0 Å². The van der Waals surface area contributed by atoms with Crippen molar-refractivity contribution < 1.29 is 4.52 Å². The molecule has 0 spiro atoms. The van der Waals surface area contributed by atoms with Crippen molar-refractivity contribution >= 4 is 0 Å². The Hall–Kier alpha value is -0.980. The van der Waals surface area contributed by atoms with E-state index in [2.05, 4.69) is 47.9 Å². The summed E-state index contributed by atoms with van der Waals surface area (Å²) in [6, 6.07) is 0.0374. The molecule has 0 saturated carbocycles. The van der Waals surface area contributed by atoms with E-state index in [0.717, 1.165) is 31.9 Å². The van der Waals surface area contributed by atoms with Crippen LogP contribution in [0, 0.1) is 5.92 Å². The molecule has 0 aliphatic carbocycles. The number of nitrogens with two attached hydrogens (primary N) is 1. The van der Waals surface area contributed by atoms with E-state index in [-0.39, 0.29) is 12.1 Å². The lowest BCUT2D eigenvalue weighted by molar-refractivity contribution is 0.108. The van der Waals surface area contributed by atoms with E-state index >= 15 is 0 Å². The standard InChI is InChI=1S/C13H25N5O/c1-9(2)7-10(14)13-15-12(16-19-13)11-8-17(3)5-6-18(11)4/h9-11H,5-8,14H2,1-4H3. The van der Waals surface area contributed by atoms with Gasteiger partial charge >= 0.3 is 0 Å². The van der Waals surface area contributed by atoms with Crippen LogP contribution in [0.3, 0.4) is 0 Å². The highest BCUT2D eigenvalue weighted by atomic mass is 16.5. The molecular weight excluding hydrogens is 242 g/mol. The second-order valence-electron chi connectivity index (χ2n) is 5.99. The third kappa shape index (κ3) is 3.52. The fraction of sp³-hybridized carbons (Fsp3) is 0.846. The van der Waals surface area contributed by atoms with Gasteiger partial charge in [0.15, 0.2) is 5.82 Å². The molecule has 0 aromatic carbocycles. The van der Waals surface area contributed by atoms with Crippen LogP contribution in [0.25, 0.3) is 0 Å². The molecule has 6 heteroatoms. The van der Waals surface area contributed by atoms with Gasteiger partial charge in [0, 0.05) is 19.6 Å². The highest BCUT2D eigenvalue weighted by molar-refractivity contribution is 5.00. The van der Waals surface area contributed by atoms with Gasteiger partial charge in [-0.25, -0.2) is 0 Å². The summed E-state index contributed by atoms with van der Waals surface area (Å²) in [6.45, 7) is 7.30. The molecule has 1 aromatic rings. The van der Waals surface area contributed by atoms with Crippen LogP contribution in [-0.4, -0.2) is 53.7 Å². The number of hydrogen-bond donors (Lipinski definition) is 1. The molecule has 6 nitrogen and oxygen atoms in total. The summed E-state index contributed by atoms with van der Waals surface area (Å²) in [5, 5.41) is 4.12. The maximum atomic E-state index is 6.08. The summed E-state index contributed by atoms with van der Waals surface area (Å²) in [7, 11) is 4.22. The molecule has 19 heavy (non-hydrogen) atoms. The van der Waals surface area contributed by atoms with Crippen LogP contribution in [0.15, 0.2) is 4.52 Å². The molecule has 1 fully saturated rings. The minimum atomic E-state index is -0.159. The largest absolute Gasteiger partial charge is 0.338 e. The minimum Gasteiger partial charge on any atom is -0.338 e. The summed E-state index contributed by atoms with van der Waals surface area (Å²) in [6.07, 6.45) is 0.863. The molecule has 2 atom stereocenters. The Balaban J connectivity index is 2.07. The lowest BCUT2D eigenvalue weighted by atomic mass is 10.0. The molecule has 1 aliphatic rings. The zero-order valence-corrected chi connectivity index (χ0v) is 12.3. The summed E-state index contributed by atoms with van der Waals surface area (Å²) in [5.74, 6) is 1.84. The second kappa shape index (κ2) is 5.98. The molecule has 2 heterocycles. The Morgan fingerprint density at radius 2 is 2.11 bits per heavy atom. The van der Waals surface area contributed by atoms with Crippen LogP contribution in [0.5, 0.6) is 0 Å². The first-order chi connectivity index (χ1) is 8.97. The highest BCUT2D eigenvalue weighted by Gasteiger charge is 2.28. The van der Waals surface area contributed by atoms with Gasteiger partial charge in [0.1, 0.15) is 0 Å². The quantitative estimate of drug-likeness (QED) is 0.878. The van der Waals surface area contributed by atoms with Gasteiger partial charge < -0.3 is 15.2 Å². The number of nitrogens with zero attached hydrogens (tertiary/aromatic N) is 4. The lowest BCUT2D eigenvalue weighted by Crippen LogP contribution is -2.45. The van der Waals surface area contributed by atoms with Gasteiger partial charge in [0.25, 0.3) is 0 Å². The van der Waals surface area contributed by atoms with Crippen molar-refractivity contribution in [2.45, 2.75) is 32.4 Å². The summed E-state index contributed by atoms with van der Waals surface area (Å²) < 4.78 is 5.33. The zero-order chi connectivity index (χ0) is 14.0. The Bertz CT molecular complexity index is 405. The van der Waals surface area contributed by atoms with Crippen LogP contribution < -0.4 is 5.73 Å². The summed E-state index contributed by atoms with van der Waals surface area (Å²) >= 11 is 0. The van der Waals surface area contributed by atoms with Crippen molar-refractivity contribution in [2.24, 2.45) is 11.7 Å². The number of rotatable bonds is 4. The first-order valence-electron chi connectivity index (χ1n) is 6.95. The van der Waals surface area contributed by atoms with Gasteiger partial charge in [-0.3, -0.25) is 4.90 Å². The lowest BCUT2D eigenvalue weighted by Gasteiger charge is -2.35. The number of likely N-dealkylation sites (N-methyl/N-ethyl adjacent to an activating group) is 2. The predicted octanol–water partition coefficient (Wildman–Crippen LogP) is 1.03. The zero-order valence-electron chi connectivity index (χ0n) is 12.3. The number of piperazine rings is 1. The average Bonchev–Trinajstić information content (AvgIpc) is 2.80. The number of hydrogen-bond acceptors (Lipinski definition) is 6. The number of aromatic nitrogens is 2. The highest BCUT2D eigenvalue weighted by Crippen LogP contribution is 2.23. The monoisotopic (exact) mass is 267 g/mol. The van der Waals surface area contributed by atoms with Crippen molar-refractivity contribution in [3.63, 3.8) is 0 Å². The molecule has 108 valence electrons. The molecular formula is C13H25N5O. The van der Waals surface area contributed by atoms with E-state index in [4.69, 9.17) is 10.3 Å². The van der Waals surface area contributed by atoms with E-state index in [9.17, 15) is 0 Å². The van der Waals surface area contributed by atoms with E-state index in [1.54, 1.807) is 0 Å². The maximum Gasteiger partial charge on any atom is 0.243 e. The Morgan fingerprint density at radius 1 is 1.37 bits per heavy atom. The van der Waals surface area contributed by atoms with E-state index in [0.29, 0.717) is 11.8 Å². The molecule has 1 aliphatic heterocycles. The van der Waals surface area contributed by atoms with Crippen LogP contribution in [0.2, 0.25) is 0 Å². The summed E-state index contributed by atoms with van der Waals surface area (Å²) in [5.41, 5.74) is 6.08. The van der Waals surface area contributed by atoms with Gasteiger partial charge in [0.05, 0.1) is 12.1 Å². The van der Waals surface area contributed by atoms with Crippen molar-refractivity contribution in [1.29, 1.82) is 0 Å². The SMILES string of the molecule is CC(C)CC(N)c1nc(C2CN(C)CCN2C)no1. The molecule has 0 amide bonds. The smallest absolute Gasteiger partial charge is 0.243 e. The van der Waals surface area contributed by atoms with Crippen molar-refractivity contribution in [3.05, 3.63) is 11.7 Å². The Kier molecular flexibility index (Phi) is 4.54. The fourth-order valence-electron chi connectivity index (χ4n) is 2.43. The van der Waals surface area contributed by atoms with Crippen LogP contribution in [0.4, 0.5) is 0 Å². The Morgan fingerprint density at radius 3 is 2.79 bits per heavy atom. The van der Waals surface area contributed by atoms with Gasteiger partial charge in [-0.15, -0.1) is 0 Å². The molecule has 2 unspecified atom stereocenters. The second-order valence-corrected chi connectivity index (χ2v) is 5.99. The van der Waals surface area contributed by atoms with Gasteiger partial charge in [-0.1, -0.05) is 19.0 Å². The molecule has 0 bridgehead atoms. The predicted molar refractivity (Wildman–Crippen MR) is 73.5 cm³/mol. The van der Waals surface area contributed by atoms with Gasteiger partial charge in [-0.05, 0) is 26.4 Å². The first-order valence-corrected chi connectivity index (χ1v) is 6.95. The Labute approximate surface area is 114 Å². The maximum absolute atomic E-state index is 6.08. The molecule has 1 saturated heterocycles. The van der Waals surface area contributed by atoms with E-state index in [1.165, 1.54) is 0 Å². The van der Waals surface area contributed by atoms with Crippen molar-refractivity contribution in [3.8, 4) is 0 Å². The molecule has 1 aromatic heterocycles. The molecule has 0 radical (unpaired) electrons. The molecule has 2 rings (SSSR count). The third-order valence-corrected chi connectivity index (χ3v) is 3.65. The van der Waals surface area contributed by atoms with Crippen LogP contribution >= 0.6 is 0 Å². The van der Waals surface area contributed by atoms with Crippen LogP contribution in [0.1, 0.15) is 44.1 Å².